The number of amides is 1. The number of nitrogens with two attached hydrogens (primary N) is 1. The van der Waals surface area contributed by atoms with Gasteiger partial charge in [-0.1, -0.05) is 61.5 Å². The lowest BCUT2D eigenvalue weighted by molar-refractivity contribution is 0.1000. The number of hydrogen-bond acceptors (Lipinski definition) is 3. The molecule has 0 aromatic heterocycles. The molecule has 0 aliphatic carbocycles. The molecule has 0 atom stereocenters. The molecule has 1 aliphatic heterocycles. The van der Waals surface area contributed by atoms with Gasteiger partial charge in [-0.3, -0.25) is 9.69 Å². The summed E-state index contributed by atoms with van der Waals surface area (Å²) in [6.45, 7) is 8.98. The normalized spacial score (nSPS) is 16.2. The van der Waals surface area contributed by atoms with Gasteiger partial charge in [0.15, 0.2) is 0 Å². The molecule has 136 valence electrons. The predicted octanol–water partition coefficient (Wildman–Crippen LogP) is 3.09. The van der Waals surface area contributed by atoms with Crippen molar-refractivity contribution >= 4 is 18.1 Å². The van der Waals surface area contributed by atoms with Crippen LogP contribution in [0.25, 0.3) is 12.2 Å². The molecule has 4 heteroatoms. The van der Waals surface area contributed by atoms with Crippen molar-refractivity contribution in [1.29, 1.82) is 0 Å². The number of benzene rings is 2. The molecule has 1 heterocycles. The lowest BCUT2D eigenvalue weighted by Crippen LogP contribution is -2.45. The summed E-state index contributed by atoms with van der Waals surface area (Å²) >= 11 is 0. The number of rotatable bonds is 6. The minimum atomic E-state index is -0.399. The summed E-state index contributed by atoms with van der Waals surface area (Å²) in [5.74, 6) is -0.399. The van der Waals surface area contributed by atoms with Gasteiger partial charge in [0.2, 0.25) is 5.91 Å². The number of carbonyl (C=O) groups excluding carboxylic acids is 1. The van der Waals surface area contributed by atoms with Gasteiger partial charge in [-0.15, -0.1) is 0 Å². The van der Waals surface area contributed by atoms with Crippen LogP contribution in [-0.4, -0.2) is 48.4 Å². The van der Waals surface area contributed by atoms with E-state index in [1.165, 1.54) is 5.56 Å². The zero-order valence-corrected chi connectivity index (χ0v) is 15.4. The maximum Gasteiger partial charge on any atom is 0.249 e. The van der Waals surface area contributed by atoms with Crippen molar-refractivity contribution in [2.24, 2.45) is 5.73 Å². The number of hydrogen-bond donors (Lipinski definition) is 1. The number of likely N-dealkylation sites (N-methyl/N-ethyl adjacent to an activating group) is 1. The second-order valence-corrected chi connectivity index (χ2v) is 6.74. The van der Waals surface area contributed by atoms with Crippen LogP contribution >= 0.6 is 0 Å². The quantitative estimate of drug-likeness (QED) is 0.816. The Morgan fingerprint density at radius 1 is 0.962 bits per heavy atom. The second-order valence-electron chi connectivity index (χ2n) is 6.74. The molecule has 26 heavy (non-hydrogen) atoms. The molecule has 0 unspecified atom stereocenters. The summed E-state index contributed by atoms with van der Waals surface area (Å²) in [6, 6.07) is 16.0. The Morgan fingerprint density at radius 3 is 2.27 bits per heavy atom. The third-order valence-electron chi connectivity index (χ3n) is 4.98. The second kappa shape index (κ2) is 8.79. The van der Waals surface area contributed by atoms with Crippen LogP contribution in [0.1, 0.15) is 34.0 Å². The molecule has 2 aromatic carbocycles. The Hall–Kier alpha value is -2.43. The van der Waals surface area contributed by atoms with Gasteiger partial charge in [0.1, 0.15) is 0 Å². The highest BCUT2D eigenvalue weighted by Gasteiger charge is 2.15. The molecule has 1 amide bonds. The topological polar surface area (TPSA) is 49.6 Å². The number of carbonyl (C=O) groups is 1. The zero-order valence-electron chi connectivity index (χ0n) is 15.4. The number of primary amides is 1. The van der Waals surface area contributed by atoms with E-state index in [2.05, 4.69) is 41.0 Å². The fraction of sp³-hybridized carbons (Fsp3) is 0.318. The van der Waals surface area contributed by atoms with Gasteiger partial charge in [0.05, 0.1) is 0 Å². The molecular formula is C22H27N3O. The summed E-state index contributed by atoms with van der Waals surface area (Å²) in [6.07, 6.45) is 3.96. The Kier molecular flexibility index (Phi) is 6.21. The Balaban J connectivity index is 1.61. The summed E-state index contributed by atoms with van der Waals surface area (Å²) < 4.78 is 0. The molecule has 0 radical (unpaired) electrons. The van der Waals surface area contributed by atoms with Gasteiger partial charge in [0, 0.05) is 38.3 Å². The standard InChI is InChI=1S/C22H27N3O/c1-2-24-13-15-25(16-14-24)17-19-9-7-18(8-10-19)11-12-20-5-3-4-6-21(20)22(23)26/h3-12H,2,13-17H2,1H3,(H2,23,26). The smallest absolute Gasteiger partial charge is 0.249 e. The number of nitrogens with zero attached hydrogens (tertiary/aromatic N) is 2. The first kappa shape index (κ1) is 18.4. The molecule has 3 rings (SSSR count). The van der Waals surface area contributed by atoms with Crippen LogP contribution < -0.4 is 5.73 Å². The van der Waals surface area contributed by atoms with E-state index in [0.29, 0.717) is 5.56 Å². The first-order chi connectivity index (χ1) is 12.7. The largest absolute Gasteiger partial charge is 0.366 e. The van der Waals surface area contributed by atoms with E-state index in [0.717, 1.165) is 50.4 Å². The molecule has 0 saturated carbocycles. The van der Waals surface area contributed by atoms with Crippen molar-refractivity contribution in [3.8, 4) is 0 Å². The van der Waals surface area contributed by atoms with Crippen molar-refractivity contribution in [2.45, 2.75) is 13.5 Å². The summed E-state index contributed by atoms with van der Waals surface area (Å²) in [5.41, 5.74) is 9.27. The van der Waals surface area contributed by atoms with E-state index in [1.54, 1.807) is 6.07 Å². The lowest BCUT2D eigenvalue weighted by atomic mass is 10.0. The molecule has 0 spiro atoms. The molecule has 2 N–H and O–H groups in total. The van der Waals surface area contributed by atoms with E-state index < -0.39 is 5.91 Å². The van der Waals surface area contributed by atoms with Crippen LogP contribution in [0.2, 0.25) is 0 Å². The van der Waals surface area contributed by atoms with Gasteiger partial charge in [-0.05, 0) is 29.3 Å². The molecule has 1 saturated heterocycles. The third kappa shape index (κ3) is 4.81. The van der Waals surface area contributed by atoms with Crippen LogP contribution in [0.5, 0.6) is 0 Å². The zero-order chi connectivity index (χ0) is 18.4. The maximum atomic E-state index is 11.5. The van der Waals surface area contributed by atoms with Crippen molar-refractivity contribution in [1.82, 2.24) is 9.80 Å². The number of piperazine rings is 1. The lowest BCUT2D eigenvalue weighted by Gasteiger charge is -2.34. The Labute approximate surface area is 155 Å². The average Bonchev–Trinajstić information content (AvgIpc) is 2.68. The molecule has 0 bridgehead atoms. The highest BCUT2D eigenvalue weighted by Crippen LogP contribution is 2.15. The van der Waals surface area contributed by atoms with Gasteiger partial charge < -0.3 is 10.6 Å². The van der Waals surface area contributed by atoms with E-state index in [4.69, 9.17) is 5.73 Å². The highest BCUT2D eigenvalue weighted by atomic mass is 16.1. The summed E-state index contributed by atoms with van der Waals surface area (Å²) in [5, 5.41) is 0. The molecule has 2 aromatic rings. The molecular weight excluding hydrogens is 322 g/mol. The Bertz CT molecular complexity index is 759. The SMILES string of the molecule is CCN1CCN(Cc2ccc(C=Cc3ccccc3C(N)=O)cc2)CC1. The van der Waals surface area contributed by atoms with E-state index in [1.807, 2.05) is 30.4 Å². The van der Waals surface area contributed by atoms with Crippen molar-refractivity contribution in [3.05, 3.63) is 70.8 Å². The van der Waals surface area contributed by atoms with Crippen LogP contribution in [0, 0.1) is 0 Å². The molecule has 1 fully saturated rings. The minimum Gasteiger partial charge on any atom is -0.366 e. The fourth-order valence-corrected chi connectivity index (χ4v) is 3.31. The highest BCUT2D eigenvalue weighted by molar-refractivity contribution is 5.97. The minimum absolute atomic E-state index is 0.399. The van der Waals surface area contributed by atoms with Crippen LogP contribution in [-0.2, 0) is 6.54 Å². The van der Waals surface area contributed by atoms with E-state index in [-0.39, 0.29) is 0 Å². The molecule has 1 aliphatic rings. The van der Waals surface area contributed by atoms with Crippen LogP contribution in [0.4, 0.5) is 0 Å². The van der Waals surface area contributed by atoms with Gasteiger partial charge >= 0.3 is 0 Å². The van der Waals surface area contributed by atoms with Crippen molar-refractivity contribution < 1.29 is 4.79 Å². The monoisotopic (exact) mass is 349 g/mol. The maximum absolute atomic E-state index is 11.5. The van der Waals surface area contributed by atoms with Gasteiger partial charge in [-0.2, -0.15) is 0 Å². The first-order valence-corrected chi connectivity index (χ1v) is 9.26. The van der Waals surface area contributed by atoms with Crippen molar-refractivity contribution in [3.63, 3.8) is 0 Å². The summed E-state index contributed by atoms with van der Waals surface area (Å²) in [4.78, 5) is 16.5. The first-order valence-electron chi connectivity index (χ1n) is 9.26. The van der Waals surface area contributed by atoms with Gasteiger partial charge in [-0.25, -0.2) is 0 Å². The summed E-state index contributed by atoms with van der Waals surface area (Å²) in [7, 11) is 0. The third-order valence-corrected chi connectivity index (χ3v) is 4.98. The molecule has 4 nitrogen and oxygen atoms in total. The van der Waals surface area contributed by atoms with Crippen LogP contribution in [0.3, 0.4) is 0 Å². The van der Waals surface area contributed by atoms with Gasteiger partial charge in [0.25, 0.3) is 0 Å². The Morgan fingerprint density at radius 2 is 1.62 bits per heavy atom. The van der Waals surface area contributed by atoms with Crippen LogP contribution in [0.15, 0.2) is 48.5 Å². The van der Waals surface area contributed by atoms with E-state index >= 15 is 0 Å². The van der Waals surface area contributed by atoms with E-state index in [9.17, 15) is 4.79 Å². The average molecular weight is 349 g/mol. The fourth-order valence-electron chi connectivity index (χ4n) is 3.31. The van der Waals surface area contributed by atoms with Crippen molar-refractivity contribution in [2.75, 3.05) is 32.7 Å². The predicted molar refractivity (Wildman–Crippen MR) is 108 cm³/mol.